The van der Waals surface area contributed by atoms with E-state index in [-0.39, 0.29) is 6.04 Å². The van der Waals surface area contributed by atoms with Gasteiger partial charge in [-0.2, -0.15) is 0 Å². The molecule has 5 heteroatoms. The summed E-state index contributed by atoms with van der Waals surface area (Å²) >= 11 is 8.13. The van der Waals surface area contributed by atoms with Gasteiger partial charge in [0.1, 0.15) is 0 Å². The van der Waals surface area contributed by atoms with Crippen LogP contribution in [0.1, 0.15) is 18.5 Å². The number of nitrogens with one attached hydrogen (secondary N) is 1. The molecular formula is C12H11ClIN3. The van der Waals surface area contributed by atoms with Crippen LogP contribution in [-0.2, 0) is 0 Å². The molecule has 1 N–H and O–H groups in total. The highest BCUT2D eigenvalue weighted by Gasteiger charge is 2.06. The van der Waals surface area contributed by atoms with Crippen molar-refractivity contribution in [3.63, 3.8) is 0 Å². The number of halogens is 2. The molecular weight excluding hydrogens is 349 g/mol. The van der Waals surface area contributed by atoms with Crippen LogP contribution in [0.15, 0.2) is 36.7 Å². The Balaban J connectivity index is 2.11. The lowest BCUT2D eigenvalue weighted by molar-refractivity contribution is 0.859. The van der Waals surface area contributed by atoms with Crippen molar-refractivity contribution in [3.8, 4) is 0 Å². The zero-order valence-corrected chi connectivity index (χ0v) is 12.1. The molecule has 0 radical (unpaired) electrons. The Labute approximate surface area is 119 Å². The fourth-order valence-electron chi connectivity index (χ4n) is 1.44. The summed E-state index contributed by atoms with van der Waals surface area (Å²) < 4.78 is 1.02. The molecule has 3 nitrogen and oxygen atoms in total. The third-order valence-electron chi connectivity index (χ3n) is 2.31. The van der Waals surface area contributed by atoms with Crippen molar-refractivity contribution in [3.05, 3.63) is 50.8 Å². The highest BCUT2D eigenvalue weighted by molar-refractivity contribution is 14.1. The number of nitrogens with zero attached hydrogens (tertiary/aromatic N) is 2. The molecule has 0 fully saturated rings. The largest absolute Gasteiger partial charge is 0.348 e. The van der Waals surface area contributed by atoms with Gasteiger partial charge in [-0.3, -0.25) is 0 Å². The van der Waals surface area contributed by atoms with Crippen molar-refractivity contribution in [2.45, 2.75) is 13.0 Å². The fourth-order valence-corrected chi connectivity index (χ4v) is 1.92. The molecule has 0 bridgehead atoms. The van der Waals surface area contributed by atoms with Crippen molar-refractivity contribution in [1.82, 2.24) is 9.97 Å². The van der Waals surface area contributed by atoms with Gasteiger partial charge in [-0.15, -0.1) is 0 Å². The number of hydrogen-bond acceptors (Lipinski definition) is 3. The van der Waals surface area contributed by atoms with Crippen LogP contribution in [0.3, 0.4) is 0 Å². The number of anilines is 1. The van der Waals surface area contributed by atoms with E-state index in [1.54, 1.807) is 12.4 Å². The molecule has 1 unspecified atom stereocenters. The minimum atomic E-state index is 0.119. The number of hydrogen-bond donors (Lipinski definition) is 1. The maximum atomic E-state index is 5.95. The SMILES string of the molecule is CC(Nc1ncc(I)cn1)c1cccc(Cl)c1. The molecule has 0 aliphatic rings. The topological polar surface area (TPSA) is 37.8 Å². The first kappa shape index (κ1) is 12.6. The van der Waals surface area contributed by atoms with Crippen LogP contribution in [-0.4, -0.2) is 9.97 Å². The maximum Gasteiger partial charge on any atom is 0.223 e. The van der Waals surface area contributed by atoms with Crippen molar-refractivity contribution in [2.75, 3.05) is 5.32 Å². The zero-order valence-electron chi connectivity index (χ0n) is 9.19. The van der Waals surface area contributed by atoms with Gasteiger partial charge in [0.15, 0.2) is 0 Å². The van der Waals surface area contributed by atoms with Gasteiger partial charge in [0, 0.05) is 21.0 Å². The van der Waals surface area contributed by atoms with E-state index >= 15 is 0 Å². The Morgan fingerprint density at radius 3 is 2.65 bits per heavy atom. The molecule has 88 valence electrons. The second-order valence-electron chi connectivity index (χ2n) is 3.65. The van der Waals surface area contributed by atoms with Gasteiger partial charge in [0.2, 0.25) is 5.95 Å². The van der Waals surface area contributed by atoms with E-state index in [0.717, 1.165) is 14.2 Å². The van der Waals surface area contributed by atoms with Gasteiger partial charge < -0.3 is 5.32 Å². The first-order chi connectivity index (χ1) is 8.15. The van der Waals surface area contributed by atoms with Gasteiger partial charge >= 0.3 is 0 Å². The molecule has 0 saturated heterocycles. The predicted molar refractivity (Wildman–Crippen MR) is 78.2 cm³/mol. The lowest BCUT2D eigenvalue weighted by atomic mass is 10.1. The van der Waals surface area contributed by atoms with Crippen molar-refractivity contribution < 1.29 is 0 Å². The van der Waals surface area contributed by atoms with E-state index in [1.165, 1.54) is 0 Å². The molecule has 1 heterocycles. The van der Waals surface area contributed by atoms with Gasteiger partial charge in [-0.25, -0.2) is 9.97 Å². The quantitative estimate of drug-likeness (QED) is 0.845. The second kappa shape index (κ2) is 5.64. The van der Waals surface area contributed by atoms with E-state index < -0.39 is 0 Å². The Morgan fingerprint density at radius 1 is 1.29 bits per heavy atom. The monoisotopic (exact) mass is 359 g/mol. The third kappa shape index (κ3) is 3.54. The third-order valence-corrected chi connectivity index (χ3v) is 3.11. The molecule has 2 aromatic rings. The minimum absolute atomic E-state index is 0.119. The van der Waals surface area contributed by atoms with Crippen molar-refractivity contribution in [2.24, 2.45) is 0 Å². The zero-order chi connectivity index (χ0) is 12.3. The molecule has 1 aromatic heterocycles. The second-order valence-corrected chi connectivity index (χ2v) is 5.33. The van der Waals surface area contributed by atoms with Crippen LogP contribution in [0.5, 0.6) is 0 Å². The van der Waals surface area contributed by atoms with E-state index in [9.17, 15) is 0 Å². The molecule has 0 spiro atoms. The number of rotatable bonds is 3. The molecule has 2 rings (SSSR count). The summed E-state index contributed by atoms with van der Waals surface area (Å²) in [7, 11) is 0. The van der Waals surface area contributed by atoms with Crippen LogP contribution >= 0.6 is 34.2 Å². The Bertz CT molecular complexity index is 501. The summed E-state index contributed by atoms with van der Waals surface area (Å²) in [6, 6.07) is 7.88. The molecule has 1 atom stereocenters. The summed E-state index contributed by atoms with van der Waals surface area (Å²) in [4.78, 5) is 8.41. The molecule has 17 heavy (non-hydrogen) atoms. The van der Waals surface area contributed by atoms with Gasteiger partial charge in [0.25, 0.3) is 0 Å². The van der Waals surface area contributed by atoms with E-state index in [0.29, 0.717) is 5.95 Å². The van der Waals surface area contributed by atoms with Crippen LogP contribution < -0.4 is 5.32 Å². The lowest BCUT2D eigenvalue weighted by Gasteiger charge is -2.14. The molecule has 0 saturated carbocycles. The standard InChI is InChI=1S/C12H11ClIN3/c1-8(9-3-2-4-10(13)5-9)17-12-15-6-11(14)7-16-12/h2-8H,1H3,(H,15,16,17). The molecule has 0 aliphatic heterocycles. The highest BCUT2D eigenvalue weighted by atomic mass is 127. The van der Waals surface area contributed by atoms with Crippen LogP contribution in [0.2, 0.25) is 5.02 Å². The summed E-state index contributed by atoms with van der Waals surface area (Å²) in [6.45, 7) is 2.05. The number of benzene rings is 1. The van der Waals surface area contributed by atoms with Crippen LogP contribution in [0.25, 0.3) is 0 Å². The summed E-state index contributed by atoms with van der Waals surface area (Å²) in [6.07, 6.45) is 3.56. The smallest absolute Gasteiger partial charge is 0.223 e. The van der Waals surface area contributed by atoms with Crippen molar-refractivity contribution >= 4 is 40.1 Å². The Morgan fingerprint density at radius 2 is 2.00 bits per heavy atom. The van der Waals surface area contributed by atoms with Crippen LogP contribution in [0.4, 0.5) is 5.95 Å². The minimum Gasteiger partial charge on any atom is -0.348 e. The van der Waals surface area contributed by atoms with E-state index in [2.05, 4.69) is 37.9 Å². The van der Waals surface area contributed by atoms with Gasteiger partial charge in [0.05, 0.1) is 6.04 Å². The molecule has 1 aromatic carbocycles. The fraction of sp³-hybridized carbons (Fsp3) is 0.167. The predicted octanol–water partition coefficient (Wildman–Crippen LogP) is 3.91. The van der Waals surface area contributed by atoms with E-state index in [1.807, 2.05) is 31.2 Å². The summed E-state index contributed by atoms with van der Waals surface area (Å²) in [5, 5.41) is 3.96. The first-order valence-electron chi connectivity index (χ1n) is 5.14. The highest BCUT2D eigenvalue weighted by Crippen LogP contribution is 2.20. The van der Waals surface area contributed by atoms with Crippen molar-refractivity contribution in [1.29, 1.82) is 0 Å². The normalized spacial score (nSPS) is 12.2. The van der Waals surface area contributed by atoms with Crippen LogP contribution in [0, 0.1) is 3.57 Å². The Hall–Kier alpha value is -0.880. The maximum absolute atomic E-state index is 5.95. The summed E-state index contributed by atoms with van der Waals surface area (Å²) in [5.74, 6) is 0.623. The van der Waals surface area contributed by atoms with Gasteiger partial charge in [-0.1, -0.05) is 23.7 Å². The van der Waals surface area contributed by atoms with Gasteiger partial charge in [-0.05, 0) is 47.2 Å². The summed E-state index contributed by atoms with van der Waals surface area (Å²) in [5.41, 5.74) is 1.11. The average molecular weight is 360 g/mol. The average Bonchev–Trinajstić information content (AvgIpc) is 2.32. The number of aromatic nitrogens is 2. The molecule has 0 aliphatic carbocycles. The molecule has 0 amide bonds. The Kier molecular flexibility index (Phi) is 4.17. The van der Waals surface area contributed by atoms with E-state index in [4.69, 9.17) is 11.6 Å². The first-order valence-corrected chi connectivity index (χ1v) is 6.60. The lowest BCUT2D eigenvalue weighted by Crippen LogP contribution is -2.09.